The van der Waals surface area contributed by atoms with Crippen LogP contribution in [0.3, 0.4) is 0 Å². The molecule has 1 aromatic rings. The molecular weight excluding hydrogens is 301 g/mol. The molecule has 0 amide bonds. The molecule has 0 bridgehead atoms. The van der Waals surface area contributed by atoms with Crippen molar-refractivity contribution in [2.75, 3.05) is 18.0 Å². The average molecular weight is 323 g/mol. The second kappa shape index (κ2) is 7.90. The van der Waals surface area contributed by atoms with Gasteiger partial charge in [0.05, 0.1) is 0 Å². The molecule has 0 spiro atoms. The number of hydrogen-bond acceptors (Lipinski definition) is 2. The summed E-state index contributed by atoms with van der Waals surface area (Å²) >= 11 is 5.96. The molecule has 0 saturated carbocycles. The summed E-state index contributed by atoms with van der Waals surface area (Å²) in [6.45, 7) is 3.16. The predicted molar refractivity (Wildman–Crippen MR) is 82.0 cm³/mol. The summed E-state index contributed by atoms with van der Waals surface area (Å²) in [5.74, 6) is 0. The Labute approximate surface area is 129 Å². The molecule has 0 aliphatic heterocycles. The van der Waals surface area contributed by atoms with Crippen LogP contribution in [0.25, 0.3) is 0 Å². The summed E-state index contributed by atoms with van der Waals surface area (Å²) < 4.78 is 38.3. The Hall–Kier alpha value is -0.940. The molecule has 0 radical (unpaired) electrons. The number of anilines is 1. The fraction of sp³-hybridized carbons (Fsp3) is 0.600. The second-order valence-corrected chi connectivity index (χ2v) is 5.62. The zero-order chi connectivity index (χ0) is 16.0. The van der Waals surface area contributed by atoms with Gasteiger partial charge in [-0.15, -0.1) is 0 Å². The van der Waals surface area contributed by atoms with Crippen LogP contribution in [0.1, 0.15) is 32.3 Å². The molecule has 120 valence electrons. The van der Waals surface area contributed by atoms with E-state index in [0.29, 0.717) is 30.1 Å². The molecular formula is C15H22ClF3N2. The van der Waals surface area contributed by atoms with E-state index in [4.69, 9.17) is 17.3 Å². The van der Waals surface area contributed by atoms with Crippen LogP contribution >= 0.6 is 11.6 Å². The van der Waals surface area contributed by atoms with Crippen molar-refractivity contribution in [3.05, 3.63) is 28.8 Å². The van der Waals surface area contributed by atoms with Gasteiger partial charge in [-0.3, -0.25) is 0 Å². The van der Waals surface area contributed by atoms with Gasteiger partial charge in [-0.2, -0.15) is 13.2 Å². The first-order chi connectivity index (χ1) is 9.76. The lowest BCUT2D eigenvalue weighted by Gasteiger charge is -2.28. The minimum Gasteiger partial charge on any atom is -0.362 e. The minimum atomic E-state index is -4.25. The van der Waals surface area contributed by atoms with Crippen LogP contribution < -0.4 is 10.6 Å². The summed E-state index contributed by atoms with van der Waals surface area (Å²) in [6.07, 6.45) is -2.31. The van der Waals surface area contributed by atoms with Gasteiger partial charge in [0, 0.05) is 23.3 Å². The normalized spacial score (nSPS) is 13.3. The maximum atomic E-state index is 12.8. The van der Waals surface area contributed by atoms with Crippen LogP contribution in [-0.4, -0.2) is 25.3 Å². The number of halogens is 4. The number of alkyl halides is 3. The Morgan fingerprint density at radius 2 is 1.95 bits per heavy atom. The lowest BCUT2D eigenvalue weighted by atomic mass is 10.0. The van der Waals surface area contributed by atoms with Crippen LogP contribution in [0.5, 0.6) is 0 Å². The lowest BCUT2D eigenvalue weighted by Crippen LogP contribution is -2.36. The van der Waals surface area contributed by atoms with Gasteiger partial charge < -0.3 is 10.6 Å². The van der Waals surface area contributed by atoms with Gasteiger partial charge >= 0.3 is 6.18 Å². The van der Waals surface area contributed by atoms with Gasteiger partial charge in [0.25, 0.3) is 0 Å². The summed E-state index contributed by atoms with van der Waals surface area (Å²) in [5, 5.41) is 0.432. The van der Waals surface area contributed by atoms with E-state index in [-0.39, 0.29) is 6.04 Å². The van der Waals surface area contributed by atoms with E-state index in [1.54, 1.807) is 18.2 Å². The third-order valence-corrected chi connectivity index (χ3v) is 3.49. The smallest absolute Gasteiger partial charge is 0.362 e. The van der Waals surface area contributed by atoms with Crippen LogP contribution in [0, 0.1) is 0 Å². The van der Waals surface area contributed by atoms with E-state index in [1.807, 2.05) is 13.8 Å². The summed E-state index contributed by atoms with van der Waals surface area (Å²) in [6, 6.07) is 4.99. The molecule has 6 heteroatoms. The van der Waals surface area contributed by atoms with E-state index in [0.717, 1.165) is 12.0 Å². The van der Waals surface area contributed by atoms with Crippen molar-refractivity contribution >= 4 is 17.3 Å². The Bertz CT molecular complexity index is 449. The molecule has 1 rings (SSSR count). The SMILES string of the molecule is CCCN(CC(F)(F)F)c1cc(Cl)ccc1CC(N)CC. The largest absolute Gasteiger partial charge is 0.405 e. The standard InChI is InChI=1S/C15H22ClF3N2/c1-3-7-21(10-15(17,18)19)14-9-12(16)6-5-11(14)8-13(20)4-2/h5-6,9,13H,3-4,7-8,10,20H2,1-2H3. The molecule has 0 aliphatic carbocycles. The van der Waals surface area contributed by atoms with Crippen molar-refractivity contribution in [1.29, 1.82) is 0 Å². The van der Waals surface area contributed by atoms with E-state index in [9.17, 15) is 13.2 Å². The lowest BCUT2D eigenvalue weighted by molar-refractivity contribution is -0.119. The van der Waals surface area contributed by atoms with Crippen molar-refractivity contribution in [3.8, 4) is 0 Å². The van der Waals surface area contributed by atoms with Gasteiger partial charge in [-0.05, 0) is 37.0 Å². The molecule has 1 aromatic carbocycles. The summed E-state index contributed by atoms with van der Waals surface area (Å²) in [7, 11) is 0. The quantitative estimate of drug-likeness (QED) is 0.806. The molecule has 0 saturated heterocycles. The number of nitrogens with zero attached hydrogens (tertiary/aromatic N) is 1. The molecule has 0 fully saturated rings. The Morgan fingerprint density at radius 3 is 2.48 bits per heavy atom. The molecule has 0 aromatic heterocycles. The predicted octanol–water partition coefficient (Wildman–Crippen LogP) is 4.40. The van der Waals surface area contributed by atoms with Crippen molar-refractivity contribution < 1.29 is 13.2 Å². The zero-order valence-corrected chi connectivity index (χ0v) is 13.1. The van der Waals surface area contributed by atoms with Crippen molar-refractivity contribution in [3.63, 3.8) is 0 Å². The van der Waals surface area contributed by atoms with E-state index >= 15 is 0 Å². The van der Waals surface area contributed by atoms with Crippen LogP contribution in [0.15, 0.2) is 18.2 Å². The first-order valence-corrected chi connectivity index (χ1v) is 7.50. The Morgan fingerprint density at radius 1 is 1.29 bits per heavy atom. The first kappa shape index (κ1) is 18.1. The van der Waals surface area contributed by atoms with Gasteiger partial charge in [-0.1, -0.05) is 31.5 Å². The maximum absolute atomic E-state index is 12.8. The van der Waals surface area contributed by atoms with Crippen LogP contribution in [0.2, 0.25) is 5.02 Å². The van der Waals surface area contributed by atoms with Crippen molar-refractivity contribution in [2.24, 2.45) is 5.73 Å². The Balaban J connectivity index is 3.12. The van der Waals surface area contributed by atoms with E-state index in [1.165, 1.54) is 4.90 Å². The van der Waals surface area contributed by atoms with Gasteiger partial charge in [-0.25, -0.2) is 0 Å². The highest BCUT2D eigenvalue weighted by Crippen LogP contribution is 2.29. The fourth-order valence-electron chi connectivity index (χ4n) is 2.20. The molecule has 0 aliphatic rings. The molecule has 2 N–H and O–H groups in total. The van der Waals surface area contributed by atoms with Gasteiger partial charge in [0.15, 0.2) is 0 Å². The third-order valence-electron chi connectivity index (χ3n) is 3.26. The second-order valence-electron chi connectivity index (χ2n) is 5.18. The molecule has 0 heterocycles. The monoisotopic (exact) mass is 322 g/mol. The number of nitrogens with two attached hydrogens (primary N) is 1. The maximum Gasteiger partial charge on any atom is 0.405 e. The van der Waals surface area contributed by atoms with Crippen molar-refractivity contribution in [2.45, 2.75) is 45.3 Å². The van der Waals surface area contributed by atoms with E-state index in [2.05, 4.69) is 0 Å². The zero-order valence-electron chi connectivity index (χ0n) is 12.4. The highest BCUT2D eigenvalue weighted by Gasteiger charge is 2.31. The topological polar surface area (TPSA) is 29.3 Å². The number of rotatable bonds is 7. The molecule has 2 nitrogen and oxygen atoms in total. The van der Waals surface area contributed by atoms with Gasteiger partial charge in [0.2, 0.25) is 0 Å². The van der Waals surface area contributed by atoms with Crippen LogP contribution in [0.4, 0.5) is 18.9 Å². The molecule has 1 atom stereocenters. The van der Waals surface area contributed by atoms with E-state index < -0.39 is 12.7 Å². The Kier molecular flexibility index (Phi) is 6.81. The average Bonchev–Trinajstić information content (AvgIpc) is 2.38. The fourth-order valence-corrected chi connectivity index (χ4v) is 2.37. The number of hydrogen-bond donors (Lipinski definition) is 1. The molecule has 21 heavy (non-hydrogen) atoms. The summed E-state index contributed by atoms with van der Waals surface area (Å²) in [4.78, 5) is 1.34. The summed E-state index contributed by atoms with van der Waals surface area (Å²) in [5.41, 5.74) is 7.28. The van der Waals surface area contributed by atoms with Crippen molar-refractivity contribution in [1.82, 2.24) is 0 Å². The first-order valence-electron chi connectivity index (χ1n) is 7.12. The third kappa shape index (κ3) is 6.14. The highest BCUT2D eigenvalue weighted by atomic mass is 35.5. The minimum absolute atomic E-state index is 0.0701. The van der Waals surface area contributed by atoms with Gasteiger partial charge in [0.1, 0.15) is 6.54 Å². The molecule has 1 unspecified atom stereocenters. The number of benzene rings is 1. The van der Waals surface area contributed by atoms with Crippen LogP contribution in [-0.2, 0) is 6.42 Å². The highest BCUT2D eigenvalue weighted by molar-refractivity contribution is 6.30.